The minimum atomic E-state index is -9.30. The summed E-state index contributed by atoms with van der Waals surface area (Å²) < 4.78 is 263. The maximum absolute atomic E-state index is 14.6. The first-order valence-corrected chi connectivity index (χ1v) is 7.81. The molecule has 1 aliphatic rings. The molecule has 0 aromatic rings. The van der Waals surface area contributed by atoms with Gasteiger partial charge in [0.05, 0.1) is 0 Å². The predicted molar refractivity (Wildman–Crippen MR) is 69.3 cm³/mol. The van der Waals surface area contributed by atoms with Crippen LogP contribution in [0.4, 0.5) is 83.4 Å². The van der Waals surface area contributed by atoms with Crippen molar-refractivity contribution in [2.45, 2.75) is 66.1 Å². The summed E-state index contributed by atoms with van der Waals surface area (Å²) in [5.41, 5.74) is -10.8. The van der Waals surface area contributed by atoms with E-state index in [9.17, 15) is 88.2 Å². The fraction of sp³-hybridized carbons (Fsp3) is 0.786. The van der Waals surface area contributed by atoms with E-state index in [1.165, 1.54) is 0 Å². The molecule has 0 amide bonds. The Morgan fingerprint density at radius 1 is 0.571 bits per heavy atom. The number of carbonyl (C=O) groups excluding carboxylic acids is 1. The highest BCUT2D eigenvalue weighted by Gasteiger charge is 3.06. The van der Waals surface area contributed by atoms with E-state index in [1.54, 1.807) is 0 Å². The summed E-state index contributed by atoms with van der Waals surface area (Å²) in [5, 5.41) is 0. The van der Waals surface area contributed by atoms with Crippen molar-refractivity contribution in [1.29, 1.82) is 0 Å². The minimum absolute atomic E-state index is 0.242. The third-order valence-corrected chi connectivity index (χ3v) is 4.60. The van der Waals surface area contributed by atoms with Gasteiger partial charge in [-0.15, -0.1) is 0 Å². The largest absolute Gasteiger partial charge is 0.470 e. The molecule has 0 aliphatic heterocycles. The molecule has 1 rings (SSSR count). The predicted octanol–water partition coefficient (Wildman–Crippen LogP) is 6.50. The Morgan fingerprint density at radius 2 is 0.800 bits per heavy atom. The average Bonchev–Trinajstić information content (AvgIpc) is 2.64. The topological polar surface area (TPSA) is 26.3 Å². The summed E-state index contributed by atoms with van der Waals surface area (Å²) in [4.78, 5) is 10.9. The molecule has 0 spiro atoms. The van der Waals surface area contributed by atoms with E-state index >= 15 is 0 Å². The second kappa shape index (κ2) is 7.22. The van der Waals surface area contributed by atoms with Gasteiger partial charge in [-0.05, 0) is 6.92 Å². The standard InChI is InChI=1S/C14H5F19O2/c1-3(2)4(34)35-14(32,33)8(20,21)5(15)6(16,17)9(22,23)11(26,27)13(30,31)12(28,29)10(24,25)7(5,18)19/h1H2,2H3. The fourth-order valence-electron chi connectivity index (χ4n) is 2.48. The van der Waals surface area contributed by atoms with Crippen molar-refractivity contribution in [2.75, 3.05) is 0 Å². The van der Waals surface area contributed by atoms with Crippen molar-refractivity contribution in [1.82, 2.24) is 0 Å². The van der Waals surface area contributed by atoms with Crippen molar-refractivity contribution in [3.63, 3.8) is 0 Å². The highest BCUT2D eigenvalue weighted by atomic mass is 19.4. The van der Waals surface area contributed by atoms with Gasteiger partial charge >= 0.3 is 65.1 Å². The van der Waals surface area contributed by atoms with Crippen LogP contribution in [0.5, 0.6) is 0 Å². The fourth-order valence-corrected chi connectivity index (χ4v) is 2.48. The SMILES string of the molecule is C=C(C)C(=O)OC(F)(F)C(F)(F)C1(F)C(F)(F)C(F)(F)C(F)(F)C(F)(F)C(F)(F)C(F)(F)C1(F)F. The van der Waals surface area contributed by atoms with E-state index in [2.05, 4.69) is 11.3 Å². The molecule has 21 heteroatoms. The molecule has 1 saturated carbocycles. The first-order valence-electron chi connectivity index (χ1n) is 7.81. The smallest absolute Gasteiger partial charge is 0.393 e. The number of ether oxygens (including phenoxy) is 1. The maximum atomic E-state index is 14.6. The van der Waals surface area contributed by atoms with Gasteiger partial charge in [-0.1, -0.05) is 6.58 Å². The molecule has 1 fully saturated rings. The zero-order valence-corrected chi connectivity index (χ0v) is 15.7. The summed E-state index contributed by atoms with van der Waals surface area (Å²) in [7, 11) is 0. The zero-order valence-electron chi connectivity index (χ0n) is 15.7. The van der Waals surface area contributed by atoms with Crippen molar-refractivity contribution >= 4 is 5.97 Å². The summed E-state index contributed by atoms with van der Waals surface area (Å²) in [6, 6.07) is 0. The Kier molecular flexibility index (Phi) is 6.38. The molecule has 1 aliphatic carbocycles. The molecule has 0 aromatic carbocycles. The molecule has 0 N–H and O–H groups in total. The molecule has 206 valence electrons. The molecule has 35 heavy (non-hydrogen) atoms. The minimum Gasteiger partial charge on any atom is -0.393 e. The lowest BCUT2D eigenvalue weighted by Gasteiger charge is -2.53. The Balaban J connectivity index is 4.35. The van der Waals surface area contributed by atoms with Gasteiger partial charge in [0.15, 0.2) is 0 Å². The van der Waals surface area contributed by atoms with Gasteiger partial charge in [0.25, 0.3) is 0 Å². The number of alkyl halides is 19. The monoisotopic (exact) mass is 566 g/mol. The Labute approximate surface area is 178 Å². The molecule has 0 atom stereocenters. The number of hydrogen-bond acceptors (Lipinski definition) is 2. The van der Waals surface area contributed by atoms with E-state index in [-0.39, 0.29) is 6.92 Å². The maximum Gasteiger partial charge on any atom is 0.470 e. The van der Waals surface area contributed by atoms with Crippen molar-refractivity contribution in [3.8, 4) is 0 Å². The molecule has 0 unspecified atom stereocenters. The van der Waals surface area contributed by atoms with Crippen LogP contribution < -0.4 is 0 Å². The van der Waals surface area contributed by atoms with E-state index in [4.69, 9.17) is 0 Å². The Hall–Kier alpha value is -2.12. The Bertz CT molecular complexity index is 859. The molecule has 0 bridgehead atoms. The number of esters is 1. The van der Waals surface area contributed by atoms with Gasteiger partial charge in [0.1, 0.15) is 0 Å². The molecular formula is C14H5F19O2. The zero-order chi connectivity index (χ0) is 28.9. The van der Waals surface area contributed by atoms with Crippen molar-refractivity contribution in [3.05, 3.63) is 12.2 Å². The van der Waals surface area contributed by atoms with Crippen LogP contribution in [0.1, 0.15) is 6.92 Å². The van der Waals surface area contributed by atoms with E-state index in [0.717, 1.165) is 0 Å². The van der Waals surface area contributed by atoms with Gasteiger partial charge in [-0.2, -0.15) is 79.0 Å². The average molecular weight is 566 g/mol. The quantitative estimate of drug-likeness (QED) is 0.221. The van der Waals surface area contributed by atoms with E-state index in [1.807, 2.05) is 0 Å². The third kappa shape index (κ3) is 3.03. The van der Waals surface area contributed by atoms with E-state index in [0.29, 0.717) is 0 Å². The second-order valence-electron chi connectivity index (χ2n) is 6.94. The number of hydrogen-bond donors (Lipinski definition) is 0. The summed E-state index contributed by atoms with van der Waals surface area (Å²) in [6.45, 7) is 2.61. The lowest BCUT2D eigenvalue weighted by Crippen LogP contribution is -2.87. The highest BCUT2D eigenvalue weighted by molar-refractivity contribution is 5.87. The van der Waals surface area contributed by atoms with Gasteiger partial charge in [0, 0.05) is 5.57 Å². The van der Waals surface area contributed by atoms with Crippen LogP contribution >= 0.6 is 0 Å². The highest BCUT2D eigenvalue weighted by Crippen LogP contribution is 2.73. The summed E-state index contributed by atoms with van der Waals surface area (Å²) in [6.07, 6.45) is -7.73. The van der Waals surface area contributed by atoms with Gasteiger partial charge in [-0.3, -0.25) is 0 Å². The molecular weight excluding hydrogens is 561 g/mol. The van der Waals surface area contributed by atoms with Crippen molar-refractivity contribution in [2.24, 2.45) is 0 Å². The van der Waals surface area contributed by atoms with Gasteiger partial charge in [0.2, 0.25) is 0 Å². The Morgan fingerprint density at radius 3 is 1.03 bits per heavy atom. The first kappa shape index (κ1) is 30.9. The van der Waals surface area contributed by atoms with E-state index < -0.39 is 70.7 Å². The van der Waals surface area contributed by atoms with Crippen LogP contribution in [0.2, 0.25) is 0 Å². The van der Waals surface area contributed by atoms with Crippen LogP contribution in [0, 0.1) is 0 Å². The van der Waals surface area contributed by atoms with Gasteiger partial charge in [-0.25, -0.2) is 9.18 Å². The van der Waals surface area contributed by atoms with Crippen LogP contribution in [0.25, 0.3) is 0 Å². The number of halogens is 19. The second-order valence-corrected chi connectivity index (χ2v) is 6.94. The lowest BCUT2D eigenvalue weighted by molar-refractivity contribution is -0.520. The van der Waals surface area contributed by atoms with Gasteiger partial charge < -0.3 is 4.74 Å². The number of rotatable bonds is 4. The van der Waals surface area contributed by atoms with Crippen LogP contribution in [0.15, 0.2) is 12.2 Å². The molecule has 0 aromatic heterocycles. The first-order chi connectivity index (χ1) is 14.8. The van der Waals surface area contributed by atoms with Crippen molar-refractivity contribution < 1.29 is 92.9 Å². The van der Waals surface area contributed by atoms with Crippen LogP contribution in [0.3, 0.4) is 0 Å². The summed E-state index contributed by atoms with van der Waals surface area (Å²) in [5.74, 6) is -74.3. The molecule has 2 nitrogen and oxygen atoms in total. The molecule has 0 saturated heterocycles. The number of carbonyl (C=O) groups is 1. The molecule has 0 radical (unpaired) electrons. The molecule has 0 heterocycles. The van der Waals surface area contributed by atoms with Crippen LogP contribution in [-0.2, 0) is 9.53 Å². The van der Waals surface area contributed by atoms with Crippen LogP contribution in [-0.4, -0.2) is 65.1 Å². The third-order valence-electron chi connectivity index (χ3n) is 4.60. The lowest BCUT2D eigenvalue weighted by atomic mass is 9.70. The normalized spacial score (nSPS) is 27.8. The summed E-state index contributed by atoms with van der Waals surface area (Å²) >= 11 is 0.